The summed E-state index contributed by atoms with van der Waals surface area (Å²) in [7, 11) is 0. The van der Waals surface area contributed by atoms with Crippen LogP contribution in [-0.4, -0.2) is 11.8 Å². The van der Waals surface area contributed by atoms with E-state index in [4.69, 9.17) is 0 Å². The number of halogens is 1. The maximum Gasteiger partial charge on any atom is 0.222 e. The van der Waals surface area contributed by atoms with Crippen molar-refractivity contribution < 1.29 is 14.0 Å². The molecule has 1 aromatic heterocycles. The molecule has 1 aromatic carbocycles. The molecule has 0 saturated carbocycles. The molecule has 0 bridgehead atoms. The second kappa shape index (κ2) is 7.70. The van der Waals surface area contributed by atoms with Crippen molar-refractivity contribution in [3.05, 3.63) is 58.0 Å². The van der Waals surface area contributed by atoms with E-state index in [0.717, 1.165) is 4.88 Å². The molecule has 1 heterocycles. The van der Waals surface area contributed by atoms with E-state index in [1.54, 1.807) is 18.2 Å². The number of nitrogens with one attached hydrogen (secondary N) is 2. The number of rotatable bonds is 6. The van der Waals surface area contributed by atoms with E-state index in [1.807, 2.05) is 17.5 Å². The van der Waals surface area contributed by atoms with Crippen LogP contribution in [0.1, 0.15) is 29.8 Å². The molecule has 2 aromatic rings. The largest absolute Gasteiger partial charge is 0.352 e. The summed E-state index contributed by atoms with van der Waals surface area (Å²) in [6, 6.07) is 9.67. The second-order valence-corrected chi connectivity index (χ2v) is 5.82. The maximum absolute atomic E-state index is 13.5. The fraction of sp³-hybridized carbons (Fsp3) is 0.250. The van der Waals surface area contributed by atoms with Gasteiger partial charge in [0.2, 0.25) is 11.8 Å². The standard InChI is InChI=1S/C16H17FN2O2S/c1-11(20)19-14(15-7-4-8-22-15)9-16(21)18-10-12-5-2-3-6-13(12)17/h2-8,14H,9-10H2,1H3,(H,18,21)(H,19,20)/t14-/m0/s1. The van der Waals surface area contributed by atoms with Gasteiger partial charge in [0, 0.05) is 23.9 Å². The van der Waals surface area contributed by atoms with Crippen LogP contribution in [0, 0.1) is 5.82 Å². The second-order valence-electron chi connectivity index (χ2n) is 4.84. The van der Waals surface area contributed by atoms with Gasteiger partial charge in [0.05, 0.1) is 12.5 Å². The van der Waals surface area contributed by atoms with E-state index in [9.17, 15) is 14.0 Å². The third-order valence-electron chi connectivity index (χ3n) is 3.09. The quantitative estimate of drug-likeness (QED) is 0.860. The Balaban J connectivity index is 1.94. The lowest BCUT2D eigenvalue weighted by Crippen LogP contribution is -2.32. The molecule has 0 radical (unpaired) electrons. The normalized spacial score (nSPS) is 11.7. The molecule has 6 heteroatoms. The predicted octanol–water partition coefficient (Wildman–Crippen LogP) is 2.77. The zero-order valence-electron chi connectivity index (χ0n) is 12.1. The number of hydrogen-bond donors (Lipinski definition) is 2. The Kier molecular flexibility index (Phi) is 5.66. The minimum Gasteiger partial charge on any atom is -0.352 e. The number of carbonyl (C=O) groups is 2. The highest BCUT2D eigenvalue weighted by Crippen LogP contribution is 2.22. The van der Waals surface area contributed by atoms with E-state index in [0.29, 0.717) is 5.56 Å². The molecule has 0 aliphatic carbocycles. The number of thiophene rings is 1. The van der Waals surface area contributed by atoms with Gasteiger partial charge in [-0.15, -0.1) is 11.3 Å². The summed E-state index contributed by atoms with van der Waals surface area (Å²) >= 11 is 1.48. The summed E-state index contributed by atoms with van der Waals surface area (Å²) in [5, 5.41) is 7.33. The lowest BCUT2D eigenvalue weighted by molar-refractivity contribution is -0.122. The molecule has 0 aliphatic rings. The first-order chi connectivity index (χ1) is 10.6. The van der Waals surface area contributed by atoms with Gasteiger partial charge in [-0.05, 0) is 17.5 Å². The predicted molar refractivity (Wildman–Crippen MR) is 83.7 cm³/mol. The fourth-order valence-corrected chi connectivity index (χ4v) is 2.83. The van der Waals surface area contributed by atoms with Crippen LogP contribution in [0.4, 0.5) is 4.39 Å². The van der Waals surface area contributed by atoms with Crippen LogP contribution in [0.25, 0.3) is 0 Å². The average Bonchev–Trinajstić information content (AvgIpc) is 2.99. The zero-order valence-corrected chi connectivity index (χ0v) is 13.0. The van der Waals surface area contributed by atoms with Crippen LogP contribution in [0.5, 0.6) is 0 Å². The van der Waals surface area contributed by atoms with Gasteiger partial charge < -0.3 is 10.6 Å². The topological polar surface area (TPSA) is 58.2 Å². The maximum atomic E-state index is 13.5. The van der Waals surface area contributed by atoms with Gasteiger partial charge in [-0.3, -0.25) is 9.59 Å². The first kappa shape index (κ1) is 16.2. The van der Waals surface area contributed by atoms with Gasteiger partial charge in [-0.25, -0.2) is 4.39 Å². The smallest absolute Gasteiger partial charge is 0.222 e. The number of hydrogen-bond acceptors (Lipinski definition) is 3. The fourth-order valence-electron chi connectivity index (χ4n) is 2.05. The summed E-state index contributed by atoms with van der Waals surface area (Å²) < 4.78 is 13.5. The molecular formula is C16H17FN2O2S. The van der Waals surface area contributed by atoms with Crippen LogP contribution < -0.4 is 10.6 Å². The third-order valence-corrected chi connectivity index (χ3v) is 4.07. The van der Waals surface area contributed by atoms with E-state index >= 15 is 0 Å². The molecule has 0 spiro atoms. The molecule has 1 atom stereocenters. The Morgan fingerprint density at radius 2 is 2.00 bits per heavy atom. The molecule has 0 aliphatic heterocycles. The minimum atomic E-state index is -0.363. The van der Waals surface area contributed by atoms with Crippen LogP contribution in [0.2, 0.25) is 0 Å². The van der Waals surface area contributed by atoms with Crippen LogP contribution >= 0.6 is 11.3 Å². The Morgan fingerprint density at radius 3 is 2.64 bits per heavy atom. The monoisotopic (exact) mass is 320 g/mol. The summed E-state index contributed by atoms with van der Waals surface area (Å²) in [6.07, 6.45) is 0.120. The van der Waals surface area contributed by atoms with Gasteiger partial charge in [-0.1, -0.05) is 24.3 Å². The zero-order chi connectivity index (χ0) is 15.9. The first-order valence-electron chi connectivity index (χ1n) is 6.87. The van der Waals surface area contributed by atoms with Crippen molar-refractivity contribution >= 4 is 23.2 Å². The highest BCUT2D eigenvalue weighted by molar-refractivity contribution is 7.10. The van der Waals surface area contributed by atoms with Gasteiger partial charge >= 0.3 is 0 Å². The highest BCUT2D eigenvalue weighted by Gasteiger charge is 2.18. The molecule has 22 heavy (non-hydrogen) atoms. The van der Waals surface area contributed by atoms with Gasteiger partial charge in [0.15, 0.2) is 0 Å². The SMILES string of the molecule is CC(=O)N[C@@H](CC(=O)NCc1ccccc1F)c1cccs1. The van der Waals surface area contributed by atoms with E-state index in [2.05, 4.69) is 10.6 Å². The molecule has 4 nitrogen and oxygen atoms in total. The van der Waals surface area contributed by atoms with Crippen molar-refractivity contribution in [1.82, 2.24) is 10.6 Å². The Bertz CT molecular complexity index is 643. The van der Waals surface area contributed by atoms with Crippen molar-refractivity contribution in [2.75, 3.05) is 0 Å². The summed E-state index contributed by atoms with van der Waals surface area (Å²) in [4.78, 5) is 24.2. The van der Waals surface area contributed by atoms with E-state index < -0.39 is 0 Å². The van der Waals surface area contributed by atoms with Crippen LogP contribution in [-0.2, 0) is 16.1 Å². The molecule has 0 unspecified atom stereocenters. The molecule has 0 saturated heterocycles. The lowest BCUT2D eigenvalue weighted by Gasteiger charge is -2.16. The summed E-state index contributed by atoms with van der Waals surface area (Å²) in [5.74, 6) is -0.782. The number of amides is 2. The van der Waals surface area contributed by atoms with Crippen molar-refractivity contribution in [2.24, 2.45) is 0 Å². The third kappa shape index (κ3) is 4.66. The number of benzene rings is 1. The molecule has 0 fully saturated rings. The van der Waals surface area contributed by atoms with Crippen molar-refractivity contribution in [3.63, 3.8) is 0 Å². The van der Waals surface area contributed by atoms with Crippen molar-refractivity contribution in [1.29, 1.82) is 0 Å². The average molecular weight is 320 g/mol. The lowest BCUT2D eigenvalue weighted by atomic mass is 10.1. The Hall–Kier alpha value is -2.21. The molecular weight excluding hydrogens is 303 g/mol. The van der Waals surface area contributed by atoms with Gasteiger partial charge in [0.1, 0.15) is 5.82 Å². The van der Waals surface area contributed by atoms with Crippen LogP contribution in [0.15, 0.2) is 41.8 Å². The summed E-state index contributed by atoms with van der Waals surface area (Å²) in [6.45, 7) is 1.54. The van der Waals surface area contributed by atoms with Crippen molar-refractivity contribution in [3.8, 4) is 0 Å². The molecule has 2 N–H and O–H groups in total. The van der Waals surface area contributed by atoms with E-state index in [1.165, 1.54) is 24.3 Å². The Morgan fingerprint density at radius 1 is 1.23 bits per heavy atom. The molecule has 2 amide bonds. The highest BCUT2D eigenvalue weighted by atomic mass is 32.1. The van der Waals surface area contributed by atoms with Gasteiger partial charge in [-0.2, -0.15) is 0 Å². The number of carbonyl (C=O) groups excluding carboxylic acids is 2. The summed E-state index contributed by atoms with van der Waals surface area (Å²) in [5.41, 5.74) is 0.433. The van der Waals surface area contributed by atoms with Crippen LogP contribution in [0.3, 0.4) is 0 Å². The molecule has 116 valence electrons. The first-order valence-corrected chi connectivity index (χ1v) is 7.75. The minimum absolute atomic E-state index is 0.120. The Labute approximate surface area is 132 Å². The molecule has 2 rings (SSSR count). The van der Waals surface area contributed by atoms with Gasteiger partial charge in [0.25, 0.3) is 0 Å². The van der Waals surface area contributed by atoms with Crippen molar-refractivity contribution in [2.45, 2.75) is 25.9 Å². The van der Waals surface area contributed by atoms with E-state index in [-0.39, 0.29) is 36.6 Å².